The summed E-state index contributed by atoms with van der Waals surface area (Å²) in [6.45, 7) is 3.70. The largest absolute Gasteiger partial charge is 0.350 e. The first kappa shape index (κ1) is 13.3. The van der Waals surface area contributed by atoms with Crippen LogP contribution in [0.1, 0.15) is 30.6 Å². The lowest BCUT2D eigenvalue weighted by molar-refractivity contribution is -0.132. The number of nitrogens with one attached hydrogen (secondary N) is 1. The fourth-order valence-corrected chi connectivity index (χ4v) is 2.07. The Labute approximate surface area is 111 Å². The first-order chi connectivity index (χ1) is 9.02. The Morgan fingerprint density at radius 3 is 2.53 bits per heavy atom. The molecule has 1 aliphatic heterocycles. The minimum atomic E-state index is -0.398. The van der Waals surface area contributed by atoms with Crippen LogP contribution in [0.2, 0.25) is 0 Å². The SMILES string of the molecule is CCC(=O)c1ccc(N2CC(=O)NC(=O)C2C)cc1. The van der Waals surface area contributed by atoms with Gasteiger partial charge in [0, 0.05) is 17.7 Å². The minimum Gasteiger partial charge on any atom is -0.350 e. The van der Waals surface area contributed by atoms with E-state index in [-0.39, 0.29) is 24.1 Å². The number of hydrogen-bond acceptors (Lipinski definition) is 4. The van der Waals surface area contributed by atoms with Crippen molar-refractivity contribution in [2.45, 2.75) is 26.3 Å². The van der Waals surface area contributed by atoms with Crippen molar-refractivity contribution in [1.29, 1.82) is 0 Å². The quantitative estimate of drug-likeness (QED) is 0.653. The number of rotatable bonds is 3. The summed E-state index contributed by atoms with van der Waals surface area (Å²) in [7, 11) is 0. The Kier molecular flexibility index (Phi) is 3.64. The van der Waals surface area contributed by atoms with E-state index in [0.29, 0.717) is 12.0 Å². The van der Waals surface area contributed by atoms with Crippen LogP contribution in [-0.4, -0.2) is 30.2 Å². The monoisotopic (exact) mass is 260 g/mol. The van der Waals surface area contributed by atoms with Gasteiger partial charge in [-0.3, -0.25) is 19.7 Å². The maximum atomic E-state index is 11.6. The van der Waals surface area contributed by atoms with Crippen molar-refractivity contribution in [1.82, 2.24) is 5.32 Å². The van der Waals surface area contributed by atoms with E-state index in [0.717, 1.165) is 5.69 Å². The first-order valence-corrected chi connectivity index (χ1v) is 6.26. The molecule has 1 aromatic rings. The molecule has 0 aliphatic carbocycles. The summed E-state index contributed by atoms with van der Waals surface area (Å²) in [5.41, 5.74) is 1.41. The van der Waals surface area contributed by atoms with Crippen LogP contribution in [0.3, 0.4) is 0 Å². The van der Waals surface area contributed by atoms with E-state index in [9.17, 15) is 14.4 Å². The molecule has 19 heavy (non-hydrogen) atoms. The molecule has 1 saturated heterocycles. The summed E-state index contributed by atoms with van der Waals surface area (Å²) in [6.07, 6.45) is 0.459. The van der Waals surface area contributed by atoms with Gasteiger partial charge in [-0.1, -0.05) is 6.92 Å². The molecule has 100 valence electrons. The summed E-state index contributed by atoms with van der Waals surface area (Å²) < 4.78 is 0. The number of benzene rings is 1. The molecule has 1 aliphatic rings. The lowest BCUT2D eigenvalue weighted by Crippen LogP contribution is -2.57. The van der Waals surface area contributed by atoms with Crippen LogP contribution in [0.15, 0.2) is 24.3 Å². The summed E-state index contributed by atoms with van der Waals surface area (Å²) >= 11 is 0. The van der Waals surface area contributed by atoms with Gasteiger partial charge >= 0.3 is 0 Å². The molecule has 1 atom stereocenters. The van der Waals surface area contributed by atoms with Crippen LogP contribution in [0, 0.1) is 0 Å². The zero-order chi connectivity index (χ0) is 14.0. The molecule has 0 radical (unpaired) electrons. The van der Waals surface area contributed by atoms with Crippen molar-refractivity contribution in [3.63, 3.8) is 0 Å². The number of hydrogen-bond donors (Lipinski definition) is 1. The predicted octanol–water partition coefficient (Wildman–Crippen LogP) is 1.13. The molecule has 1 N–H and O–H groups in total. The number of imide groups is 1. The highest BCUT2D eigenvalue weighted by atomic mass is 16.2. The summed E-state index contributed by atoms with van der Waals surface area (Å²) in [5.74, 6) is -0.533. The van der Waals surface area contributed by atoms with Gasteiger partial charge in [0.1, 0.15) is 6.04 Å². The highest BCUT2D eigenvalue weighted by Gasteiger charge is 2.30. The Bertz CT molecular complexity index is 522. The molecule has 1 fully saturated rings. The molecule has 0 spiro atoms. The van der Waals surface area contributed by atoms with Crippen LogP contribution in [-0.2, 0) is 9.59 Å². The average molecular weight is 260 g/mol. The van der Waals surface area contributed by atoms with E-state index in [1.807, 2.05) is 6.92 Å². The fourth-order valence-electron chi connectivity index (χ4n) is 2.07. The molecule has 2 rings (SSSR count). The highest BCUT2D eigenvalue weighted by molar-refractivity contribution is 6.04. The van der Waals surface area contributed by atoms with Crippen LogP contribution >= 0.6 is 0 Å². The third-order valence-corrected chi connectivity index (χ3v) is 3.27. The minimum absolute atomic E-state index is 0.0760. The third kappa shape index (κ3) is 2.65. The average Bonchev–Trinajstić information content (AvgIpc) is 2.42. The topological polar surface area (TPSA) is 66.5 Å². The molecule has 1 heterocycles. The number of amides is 2. The zero-order valence-corrected chi connectivity index (χ0v) is 11.0. The molecular weight excluding hydrogens is 244 g/mol. The third-order valence-electron chi connectivity index (χ3n) is 3.27. The number of carbonyl (C=O) groups excluding carboxylic acids is 3. The lowest BCUT2D eigenvalue weighted by atomic mass is 10.1. The standard InChI is InChI=1S/C14H16N2O3/c1-3-12(17)10-4-6-11(7-5-10)16-8-13(18)15-14(19)9(16)2/h4-7,9H,3,8H2,1-2H3,(H,15,18,19). The molecule has 5 heteroatoms. The molecule has 1 unspecified atom stereocenters. The van der Waals surface area contributed by atoms with Gasteiger partial charge in [-0.05, 0) is 31.2 Å². The second kappa shape index (κ2) is 5.22. The van der Waals surface area contributed by atoms with Crippen LogP contribution in [0.5, 0.6) is 0 Å². The fraction of sp³-hybridized carbons (Fsp3) is 0.357. The second-order valence-electron chi connectivity index (χ2n) is 4.54. The van der Waals surface area contributed by atoms with Gasteiger partial charge in [0.2, 0.25) is 11.8 Å². The van der Waals surface area contributed by atoms with E-state index in [2.05, 4.69) is 5.32 Å². The number of Topliss-reactive ketones (excluding diaryl/α,β-unsaturated/α-hetero) is 1. The van der Waals surface area contributed by atoms with Crippen molar-refractivity contribution >= 4 is 23.3 Å². The predicted molar refractivity (Wildman–Crippen MR) is 71.0 cm³/mol. The van der Waals surface area contributed by atoms with Crippen molar-refractivity contribution < 1.29 is 14.4 Å². The molecule has 0 bridgehead atoms. The summed E-state index contributed by atoms with van der Waals surface area (Å²) in [4.78, 5) is 36.2. The number of nitrogens with zero attached hydrogens (tertiary/aromatic N) is 1. The van der Waals surface area contributed by atoms with Crippen LogP contribution in [0.25, 0.3) is 0 Å². The van der Waals surface area contributed by atoms with Gasteiger partial charge in [0.15, 0.2) is 5.78 Å². The van der Waals surface area contributed by atoms with Gasteiger partial charge < -0.3 is 4.90 Å². The van der Waals surface area contributed by atoms with E-state index in [1.54, 1.807) is 36.1 Å². The van der Waals surface area contributed by atoms with Gasteiger partial charge in [-0.25, -0.2) is 0 Å². The Hall–Kier alpha value is -2.17. The van der Waals surface area contributed by atoms with Crippen LogP contribution < -0.4 is 10.2 Å². The molecule has 0 saturated carbocycles. The van der Waals surface area contributed by atoms with Crippen molar-refractivity contribution in [3.8, 4) is 0 Å². The smallest absolute Gasteiger partial charge is 0.249 e. The van der Waals surface area contributed by atoms with E-state index in [4.69, 9.17) is 0 Å². The van der Waals surface area contributed by atoms with Crippen molar-refractivity contribution in [2.24, 2.45) is 0 Å². The van der Waals surface area contributed by atoms with Gasteiger partial charge in [0.05, 0.1) is 6.54 Å². The number of piperazine rings is 1. The van der Waals surface area contributed by atoms with E-state index >= 15 is 0 Å². The van der Waals surface area contributed by atoms with Crippen molar-refractivity contribution in [3.05, 3.63) is 29.8 Å². The first-order valence-electron chi connectivity index (χ1n) is 6.26. The Balaban J connectivity index is 2.24. The maximum Gasteiger partial charge on any atom is 0.249 e. The molecule has 5 nitrogen and oxygen atoms in total. The van der Waals surface area contributed by atoms with Gasteiger partial charge in [-0.15, -0.1) is 0 Å². The molecule has 2 amide bonds. The van der Waals surface area contributed by atoms with E-state index < -0.39 is 6.04 Å². The second-order valence-corrected chi connectivity index (χ2v) is 4.54. The van der Waals surface area contributed by atoms with Crippen LogP contribution in [0.4, 0.5) is 5.69 Å². The lowest BCUT2D eigenvalue weighted by Gasteiger charge is -2.33. The maximum absolute atomic E-state index is 11.6. The number of carbonyl (C=O) groups is 3. The number of ketones is 1. The van der Waals surface area contributed by atoms with Gasteiger partial charge in [-0.2, -0.15) is 0 Å². The summed E-state index contributed by atoms with van der Waals surface area (Å²) in [5, 5.41) is 2.29. The highest BCUT2D eigenvalue weighted by Crippen LogP contribution is 2.20. The zero-order valence-electron chi connectivity index (χ0n) is 11.0. The number of anilines is 1. The van der Waals surface area contributed by atoms with Gasteiger partial charge in [0.25, 0.3) is 0 Å². The molecule has 1 aromatic carbocycles. The normalized spacial score (nSPS) is 19.3. The van der Waals surface area contributed by atoms with Crippen molar-refractivity contribution in [2.75, 3.05) is 11.4 Å². The summed E-state index contributed by atoms with van der Waals surface area (Å²) in [6, 6.07) is 6.59. The Morgan fingerprint density at radius 2 is 1.95 bits per heavy atom. The van der Waals surface area contributed by atoms with E-state index in [1.165, 1.54) is 0 Å². The molecular formula is C14H16N2O3. The Morgan fingerprint density at radius 1 is 1.32 bits per heavy atom. The molecule has 0 aromatic heterocycles.